The number of ether oxygens (including phenoxy) is 1. The Balaban J connectivity index is 2.27. The lowest BCUT2D eigenvalue weighted by Gasteiger charge is -2.38. The van der Waals surface area contributed by atoms with Gasteiger partial charge >= 0.3 is 0 Å². The third-order valence-electron chi connectivity index (χ3n) is 3.39. The van der Waals surface area contributed by atoms with E-state index in [9.17, 15) is 0 Å². The molecule has 1 aromatic rings. The Morgan fingerprint density at radius 2 is 2.38 bits per heavy atom. The van der Waals surface area contributed by atoms with Crippen LogP contribution in [0.25, 0.3) is 0 Å². The lowest BCUT2D eigenvalue weighted by Crippen LogP contribution is -2.44. The van der Waals surface area contributed by atoms with Crippen LogP contribution in [0.15, 0.2) is 10.7 Å². The molecule has 90 valence electrons. The van der Waals surface area contributed by atoms with Gasteiger partial charge in [-0.2, -0.15) is 5.10 Å². The zero-order valence-electron chi connectivity index (χ0n) is 9.74. The van der Waals surface area contributed by atoms with Crippen molar-refractivity contribution in [2.45, 2.75) is 37.8 Å². The van der Waals surface area contributed by atoms with E-state index in [1.54, 1.807) is 6.20 Å². The average molecular weight is 288 g/mol. The molecule has 16 heavy (non-hydrogen) atoms. The standard InChI is InChI=1S/C11H18BrN3O/c1-11(5-3-4-6-16-11)10(13)9-8(12)7-14-15(9)2/h7,10H,3-6,13H2,1-2H3. The number of hydrogen-bond donors (Lipinski definition) is 1. The molecule has 0 radical (unpaired) electrons. The second-order valence-corrected chi connectivity index (χ2v) is 5.45. The van der Waals surface area contributed by atoms with E-state index < -0.39 is 0 Å². The minimum Gasteiger partial charge on any atom is -0.373 e. The molecular weight excluding hydrogens is 270 g/mol. The predicted octanol–water partition coefficient (Wildman–Crippen LogP) is 2.14. The van der Waals surface area contributed by atoms with Gasteiger partial charge in [-0.15, -0.1) is 0 Å². The highest BCUT2D eigenvalue weighted by Gasteiger charge is 2.37. The fraction of sp³-hybridized carbons (Fsp3) is 0.727. The molecule has 2 N–H and O–H groups in total. The lowest BCUT2D eigenvalue weighted by atomic mass is 9.87. The number of hydrogen-bond acceptors (Lipinski definition) is 3. The minimum atomic E-state index is -0.269. The average Bonchev–Trinajstić information content (AvgIpc) is 2.59. The van der Waals surface area contributed by atoms with Crippen molar-refractivity contribution >= 4 is 15.9 Å². The van der Waals surface area contributed by atoms with E-state index in [1.807, 2.05) is 11.7 Å². The van der Waals surface area contributed by atoms with Gasteiger partial charge in [0.25, 0.3) is 0 Å². The molecule has 2 unspecified atom stereocenters. The van der Waals surface area contributed by atoms with Crippen LogP contribution in [0, 0.1) is 0 Å². The summed E-state index contributed by atoms with van der Waals surface area (Å²) in [7, 11) is 1.91. The van der Waals surface area contributed by atoms with E-state index in [1.165, 1.54) is 6.42 Å². The summed E-state index contributed by atoms with van der Waals surface area (Å²) in [5, 5.41) is 4.20. The van der Waals surface area contributed by atoms with Crippen LogP contribution in [0.5, 0.6) is 0 Å². The van der Waals surface area contributed by atoms with E-state index in [0.717, 1.165) is 29.6 Å². The van der Waals surface area contributed by atoms with Crippen LogP contribution in [0.4, 0.5) is 0 Å². The molecule has 0 saturated carbocycles. The molecule has 2 rings (SSSR count). The van der Waals surface area contributed by atoms with Crippen LogP contribution in [-0.2, 0) is 11.8 Å². The van der Waals surface area contributed by atoms with Gasteiger partial charge in [-0.1, -0.05) is 0 Å². The Hall–Kier alpha value is -0.390. The topological polar surface area (TPSA) is 53.1 Å². The van der Waals surface area contributed by atoms with Crippen LogP contribution in [0.3, 0.4) is 0 Å². The first-order chi connectivity index (χ1) is 7.54. The summed E-state index contributed by atoms with van der Waals surface area (Å²) in [6.07, 6.45) is 5.10. The third-order valence-corrected chi connectivity index (χ3v) is 4.00. The summed E-state index contributed by atoms with van der Waals surface area (Å²) in [6.45, 7) is 2.90. The maximum absolute atomic E-state index is 6.33. The largest absolute Gasteiger partial charge is 0.373 e. The van der Waals surface area contributed by atoms with Gasteiger partial charge in [0.15, 0.2) is 0 Å². The maximum Gasteiger partial charge on any atom is 0.0861 e. The van der Waals surface area contributed by atoms with E-state index in [0.29, 0.717) is 0 Å². The molecule has 1 aliphatic rings. The van der Waals surface area contributed by atoms with Crippen molar-refractivity contribution in [3.8, 4) is 0 Å². The van der Waals surface area contributed by atoms with Gasteiger partial charge in [0.05, 0.1) is 28.0 Å². The third kappa shape index (κ3) is 2.04. The van der Waals surface area contributed by atoms with Crippen LogP contribution in [-0.4, -0.2) is 22.0 Å². The maximum atomic E-state index is 6.33. The Kier molecular flexibility index (Phi) is 3.37. The van der Waals surface area contributed by atoms with Gasteiger partial charge in [0, 0.05) is 13.7 Å². The number of halogens is 1. The molecule has 0 spiro atoms. The summed E-state index contributed by atoms with van der Waals surface area (Å²) in [6, 6.07) is -0.144. The van der Waals surface area contributed by atoms with Crippen molar-refractivity contribution in [2.24, 2.45) is 12.8 Å². The normalized spacial score (nSPS) is 28.0. The van der Waals surface area contributed by atoms with Crippen molar-refractivity contribution in [1.82, 2.24) is 9.78 Å². The van der Waals surface area contributed by atoms with E-state index in [-0.39, 0.29) is 11.6 Å². The number of nitrogens with zero attached hydrogens (tertiary/aromatic N) is 2. The Morgan fingerprint density at radius 1 is 1.62 bits per heavy atom. The van der Waals surface area contributed by atoms with Crippen molar-refractivity contribution in [1.29, 1.82) is 0 Å². The zero-order chi connectivity index (χ0) is 11.8. The summed E-state index contributed by atoms with van der Waals surface area (Å²) >= 11 is 3.49. The zero-order valence-corrected chi connectivity index (χ0v) is 11.3. The number of aromatic nitrogens is 2. The van der Waals surface area contributed by atoms with Crippen LogP contribution < -0.4 is 5.73 Å². The first-order valence-electron chi connectivity index (χ1n) is 5.61. The predicted molar refractivity (Wildman–Crippen MR) is 66.0 cm³/mol. The quantitative estimate of drug-likeness (QED) is 0.907. The number of rotatable bonds is 2. The Labute approximate surface area is 104 Å². The molecular formula is C11H18BrN3O. The lowest BCUT2D eigenvalue weighted by molar-refractivity contribution is -0.0835. The van der Waals surface area contributed by atoms with Crippen molar-refractivity contribution in [3.05, 3.63) is 16.4 Å². The SMILES string of the molecule is Cn1ncc(Br)c1C(N)C1(C)CCCCO1. The monoisotopic (exact) mass is 287 g/mol. The molecule has 5 heteroatoms. The van der Waals surface area contributed by atoms with E-state index >= 15 is 0 Å². The molecule has 1 aliphatic heterocycles. The molecule has 2 heterocycles. The van der Waals surface area contributed by atoms with Gasteiger partial charge in [-0.25, -0.2) is 0 Å². The van der Waals surface area contributed by atoms with Crippen molar-refractivity contribution in [2.75, 3.05) is 6.61 Å². The van der Waals surface area contributed by atoms with Gasteiger partial charge in [-0.3, -0.25) is 4.68 Å². The summed E-state index contributed by atoms with van der Waals surface area (Å²) in [5.41, 5.74) is 7.07. The Morgan fingerprint density at radius 3 is 2.88 bits per heavy atom. The van der Waals surface area contributed by atoms with Gasteiger partial charge in [-0.05, 0) is 42.1 Å². The van der Waals surface area contributed by atoms with Crippen LogP contribution >= 0.6 is 15.9 Å². The molecule has 1 aromatic heterocycles. The van der Waals surface area contributed by atoms with Crippen LogP contribution in [0.1, 0.15) is 37.9 Å². The summed E-state index contributed by atoms with van der Waals surface area (Å²) < 4.78 is 8.65. The van der Waals surface area contributed by atoms with Gasteiger partial charge in [0.1, 0.15) is 0 Å². The summed E-state index contributed by atoms with van der Waals surface area (Å²) in [4.78, 5) is 0. The van der Waals surface area contributed by atoms with E-state index in [4.69, 9.17) is 10.5 Å². The highest BCUT2D eigenvalue weighted by atomic mass is 79.9. The fourth-order valence-corrected chi connectivity index (χ4v) is 2.85. The van der Waals surface area contributed by atoms with Crippen molar-refractivity contribution in [3.63, 3.8) is 0 Å². The smallest absolute Gasteiger partial charge is 0.0861 e. The Bertz CT molecular complexity index is 352. The molecule has 1 saturated heterocycles. The van der Waals surface area contributed by atoms with Crippen LogP contribution in [0.2, 0.25) is 0 Å². The molecule has 0 amide bonds. The molecule has 1 fully saturated rings. The number of aryl methyl sites for hydroxylation is 1. The molecule has 2 atom stereocenters. The second-order valence-electron chi connectivity index (χ2n) is 4.60. The highest BCUT2D eigenvalue weighted by molar-refractivity contribution is 9.10. The molecule has 4 nitrogen and oxygen atoms in total. The summed E-state index contributed by atoms with van der Waals surface area (Å²) in [5.74, 6) is 0. The first kappa shape index (κ1) is 12.1. The molecule has 0 bridgehead atoms. The molecule has 0 aliphatic carbocycles. The molecule has 0 aromatic carbocycles. The fourth-order valence-electron chi connectivity index (χ4n) is 2.26. The second kappa shape index (κ2) is 4.47. The minimum absolute atomic E-state index is 0.144. The van der Waals surface area contributed by atoms with E-state index in [2.05, 4.69) is 28.0 Å². The van der Waals surface area contributed by atoms with Gasteiger partial charge < -0.3 is 10.5 Å². The number of nitrogens with two attached hydrogens (primary N) is 1. The van der Waals surface area contributed by atoms with Crippen molar-refractivity contribution < 1.29 is 4.74 Å². The highest BCUT2D eigenvalue weighted by Crippen LogP contribution is 2.37. The first-order valence-corrected chi connectivity index (χ1v) is 6.41. The van der Waals surface area contributed by atoms with Gasteiger partial charge in [0.2, 0.25) is 0 Å².